The van der Waals surface area contributed by atoms with Crippen molar-refractivity contribution in [2.75, 3.05) is 40.7 Å². The third-order valence-corrected chi connectivity index (χ3v) is 16.4. The number of carbonyl (C=O) groups is 5. The van der Waals surface area contributed by atoms with Crippen LogP contribution in [-0.2, 0) is 69.6 Å². The number of methoxy groups -OCH3 is 1. The van der Waals surface area contributed by atoms with Gasteiger partial charge < -0.3 is 44.1 Å². The molecule has 0 radical (unpaired) electrons. The SMILES string of the molecule is COc1ccc(CC(=O)Nc2ccc(C(=O)N(CC(=O)OC(C)(C)C)Cc3ccc(-c4noc(NS(=O)(=O)c5ccc(C)cc5)n4)cc3)cc2)c(C(F)(F)F)c1.Cc1ccc(S(=O)(=O)Nc2nc(-c3ccc(CN(CC(=O)OC(C)(C)C)C(=O)c4ccc(N)cc4)cc3)no2)cc1. The first-order valence-electron chi connectivity index (χ1n) is 29.7. The summed E-state index contributed by atoms with van der Waals surface area (Å²) in [5.41, 5.74) is 8.47. The zero-order chi connectivity index (χ0) is 70.6. The van der Waals surface area contributed by atoms with Crippen LogP contribution in [0.3, 0.4) is 0 Å². The first-order chi connectivity index (χ1) is 45.6. The van der Waals surface area contributed by atoms with Crippen LogP contribution in [0.25, 0.3) is 22.8 Å². The van der Waals surface area contributed by atoms with E-state index >= 15 is 0 Å². The van der Waals surface area contributed by atoms with Crippen LogP contribution in [-0.4, -0.2) is 108 Å². The molecule has 0 unspecified atom stereocenters. The molecule has 9 rings (SSSR count). The highest BCUT2D eigenvalue weighted by molar-refractivity contribution is 7.93. The second-order valence-electron chi connectivity index (χ2n) is 24.0. The van der Waals surface area contributed by atoms with Gasteiger partial charge in [-0.1, -0.05) is 100 Å². The second-order valence-corrected chi connectivity index (χ2v) is 27.4. The minimum Gasteiger partial charge on any atom is -0.497 e. The van der Waals surface area contributed by atoms with E-state index in [0.29, 0.717) is 27.9 Å². The Bertz CT molecular complexity index is 4500. The van der Waals surface area contributed by atoms with Crippen molar-refractivity contribution < 1.29 is 77.2 Å². The number of ether oxygens (including phenoxy) is 3. The summed E-state index contributed by atoms with van der Waals surface area (Å²) in [6.45, 7) is 13.5. The van der Waals surface area contributed by atoms with Crippen molar-refractivity contribution in [3.8, 4) is 28.5 Å². The molecule has 2 heterocycles. The van der Waals surface area contributed by atoms with Gasteiger partial charge in [0.25, 0.3) is 31.9 Å². The van der Waals surface area contributed by atoms with Gasteiger partial charge in [-0.05, 0) is 157 Å². The number of hydrogen-bond donors (Lipinski definition) is 4. The summed E-state index contributed by atoms with van der Waals surface area (Å²) in [5.74, 6) is -2.55. The normalized spacial score (nSPS) is 11.7. The fraction of sp³-hybridized carbons (Fsp3) is 0.250. The molecule has 0 spiro atoms. The fourth-order valence-corrected chi connectivity index (χ4v) is 11.0. The third kappa shape index (κ3) is 20.8. The van der Waals surface area contributed by atoms with Gasteiger partial charge in [-0.3, -0.25) is 24.0 Å². The molecule has 5 N–H and O–H groups in total. The molecular weight excluding hydrogens is 1300 g/mol. The van der Waals surface area contributed by atoms with Crippen molar-refractivity contribution in [3.63, 3.8) is 0 Å². The van der Waals surface area contributed by atoms with E-state index < -0.39 is 79.7 Å². The Morgan fingerprint density at radius 3 is 1.33 bits per heavy atom. The van der Waals surface area contributed by atoms with Crippen LogP contribution in [0.5, 0.6) is 5.75 Å². The summed E-state index contributed by atoms with van der Waals surface area (Å²) < 4.78 is 122. The Morgan fingerprint density at radius 2 is 0.948 bits per heavy atom. The van der Waals surface area contributed by atoms with Gasteiger partial charge in [0.1, 0.15) is 30.0 Å². The first-order valence-corrected chi connectivity index (χ1v) is 32.6. The van der Waals surface area contributed by atoms with Gasteiger partial charge in [-0.25, -0.2) is 26.3 Å². The van der Waals surface area contributed by atoms with E-state index in [1.165, 1.54) is 77.6 Å². The number of amides is 3. The third-order valence-electron chi connectivity index (χ3n) is 13.7. The van der Waals surface area contributed by atoms with E-state index in [-0.39, 0.29) is 81.6 Å². The lowest BCUT2D eigenvalue weighted by molar-refractivity contribution is -0.156. The van der Waals surface area contributed by atoms with Crippen LogP contribution in [0.15, 0.2) is 183 Å². The number of nitrogen functional groups attached to an aromatic ring is 1. The van der Waals surface area contributed by atoms with Crippen molar-refractivity contribution in [2.24, 2.45) is 0 Å². The number of nitrogens with one attached hydrogen (secondary N) is 3. The van der Waals surface area contributed by atoms with Gasteiger partial charge in [0.05, 0.1) is 28.9 Å². The van der Waals surface area contributed by atoms with Crippen LogP contribution >= 0.6 is 0 Å². The van der Waals surface area contributed by atoms with Crippen LogP contribution in [0.1, 0.15) is 95.6 Å². The molecule has 508 valence electrons. The van der Waals surface area contributed by atoms with Crippen LogP contribution < -0.4 is 25.2 Å². The number of alkyl halides is 3. The molecule has 24 nitrogen and oxygen atoms in total. The first kappa shape index (κ1) is 71.9. The van der Waals surface area contributed by atoms with Gasteiger partial charge >= 0.3 is 30.1 Å². The molecule has 9 aromatic rings. The molecule has 0 aliphatic carbocycles. The number of rotatable bonds is 22. The van der Waals surface area contributed by atoms with Crippen LogP contribution in [0, 0.1) is 13.8 Å². The van der Waals surface area contributed by atoms with Crippen molar-refractivity contribution in [1.82, 2.24) is 30.1 Å². The highest BCUT2D eigenvalue weighted by Crippen LogP contribution is 2.35. The molecule has 0 fully saturated rings. The number of sulfonamides is 2. The number of carbonyl (C=O) groups excluding carboxylic acids is 5. The number of nitrogens with zero attached hydrogens (tertiary/aromatic N) is 6. The van der Waals surface area contributed by atoms with E-state index in [2.05, 4.69) is 35.0 Å². The zero-order valence-electron chi connectivity index (χ0n) is 54.1. The van der Waals surface area contributed by atoms with Crippen molar-refractivity contribution in [2.45, 2.75) is 102 Å². The largest absolute Gasteiger partial charge is 0.497 e. The van der Waals surface area contributed by atoms with E-state index in [1.54, 1.807) is 139 Å². The van der Waals surface area contributed by atoms with Gasteiger partial charge in [0, 0.05) is 46.7 Å². The smallest absolute Gasteiger partial charge is 0.416 e. The quantitative estimate of drug-likeness (QED) is 0.0362. The molecule has 0 atom stereocenters. The molecule has 7 aromatic carbocycles. The van der Waals surface area contributed by atoms with Crippen molar-refractivity contribution in [1.29, 1.82) is 0 Å². The lowest BCUT2D eigenvalue weighted by atomic mass is 10.0. The minimum absolute atomic E-state index is 0.00105. The summed E-state index contributed by atoms with van der Waals surface area (Å²) in [7, 11) is -6.64. The number of hydrogen-bond acceptors (Lipinski definition) is 19. The summed E-state index contributed by atoms with van der Waals surface area (Å²) >= 11 is 0. The van der Waals surface area contributed by atoms with E-state index in [0.717, 1.165) is 22.8 Å². The Labute approximate surface area is 557 Å². The number of aromatic nitrogens is 4. The maximum atomic E-state index is 13.8. The Hall–Kier alpha value is -10.9. The highest BCUT2D eigenvalue weighted by atomic mass is 32.2. The summed E-state index contributed by atoms with van der Waals surface area (Å²) in [5, 5.41) is 10.3. The minimum atomic E-state index is -4.70. The lowest BCUT2D eigenvalue weighted by Crippen LogP contribution is -2.38. The highest BCUT2D eigenvalue weighted by Gasteiger charge is 2.35. The predicted molar refractivity (Wildman–Crippen MR) is 352 cm³/mol. The van der Waals surface area contributed by atoms with E-state index in [1.807, 2.05) is 13.8 Å². The van der Waals surface area contributed by atoms with Gasteiger partial charge in [0.2, 0.25) is 17.6 Å². The van der Waals surface area contributed by atoms with E-state index in [4.69, 9.17) is 29.0 Å². The fourth-order valence-electron chi connectivity index (χ4n) is 9.13. The van der Waals surface area contributed by atoms with Gasteiger partial charge in [-0.2, -0.15) is 23.1 Å². The average Bonchev–Trinajstić information content (AvgIpc) is 1.82. The Kier molecular flexibility index (Phi) is 22.4. The van der Waals surface area contributed by atoms with Crippen LogP contribution in [0.4, 0.5) is 36.6 Å². The topological polar surface area (TPSA) is 328 Å². The van der Waals surface area contributed by atoms with E-state index in [9.17, 15) is 54.0 Å². The average molecular weight is 1370 g/mol. The van der Waals surface area contributed by atoms with Crippen molar-refractivity contribution >= 4 is 73.1 Å². The molecule has 29 heteroatoms. The molecule has 97 heavy (non-hydrogen) atoms. The maximum absolute atomic E-state index is 13.8. The number of benzene rings is 7. The number of aryl methyl sites for hydroxylation is 2. The second kappa shape index (κ2) is 30.2. The Balaban J connectivity index is 0.000000260. The molecule has 0 saturated carbocycles. The molecular formula is C68H69F3N10O14S2. The molecule has 3 amide bonds. The Morgan fingerprint density at radius 1 is 0.546 bits per heavy atom. The van der Waals surface area contributed by atoms with Gasteiger partial charge in [-0.15, -0.1) is 0 Å². The van der Waals surface area contributed by atoms with Gasteiger partial charge in [0.15, 0.2) is 0 Å². The molecule has 2 aromatic heterocycles. The standard InChI is InChI=1S/C39H38F3N5O8S.C29H31N5O6S/c1-24-6-18-31(19-7-24)56(51,52)46-37-44-35(45-55-37)26-10-8-25(9-11-26)22-47(23-34(49)54-38(2,3)4)36(50)27-12-15-29(16-13-27)43-33(48)20-28-14-17-30(53-5)21-32(28)39(40,41)42;1-19-5-15-24(16-6-19)41(37,38)33-28-31-26(32-40-28)21-9-7-20(8-10-21)17-34(18-25(35)39-29(2,3)4)27(36)22-11-13-23(30)14-12-22/h6-19,21H,20,22-23H2,1-5H3,(H,43,48)(H,44,45,46);5-16H,17-18,30H2,1-4H3,(H,31,32,33). The molecule has 0 aliphatic rings. The number of esters is 2. The lowest BCUT2D eigenvalue weighted by Gasteiger charge is -2.25. The molecule has 0 saturated heterocycles. The number of halogens is 3. The van der Waals surface area contributed by atoms with Crippen molar-refractivity contribution in [3.05, 3.63) is 208 Å². The molecule has 0 bridgehead atoms. The zero-order valence-corrected chi connectivity index (χ0v) is 55.7. The predicted octanol–water partition coefficient (Wildman–Crippen LogP) is 11.5. The summed E-state index contributed by atoms with van der Waals surface area (Å²) in [6.07, 6.45) is -5.27. The summed E-state index contributed by atoms with van der Waals surface area (Å²) in [6, 6.07) is 40.9. The van der Waals surface area contributed by atoms with Crippen LogP contribution in [0.2, 0.25) is 0 Å². The molecule has 0 aliphatic heterocycles. The monoisotopic (exact) mass is 1370 g/mol. The maximum Gasteiger partial charge on any atom is 0.416 e. The summed E-state index contributed by atoms with van der Waals surface area (Å²) in [4.78, 5) is 76.3. The number of nitrogens with two attached hydrogens (primary N) is 1. The number of anilines is 4.